The third-order valence-corrected chi connectivity index (χ3v) is 5.42. The molecule has 2 N–H and O–H groups in total. The van der Waals surface area contributed by atoms with Gasteiger partial charge in [-0.05, 0) is 54.8 Å². The quantitative estimate of drug-likeness (QED) is 0.652. The Labute approximate surface area is 175 Å². The Morgan fingerprint density at radius 3 is 2.03 bits per heavy atom. The number of hydrogen-bond acceptors (Lipinski definition) is 3. The third-order valence-electron chi connectivity index (χ3n) is 5.42. The van der Waals surface area contributed by atoms with Gasteiger partial charge >= 0.3 is 6.18 Å². The van der Waals surface area contributed by atoms with Crippen LogP contribution in [0.25, 0.3) is 0 Å². The van der Waals surface area contributed by atoms with Gasteiger partial charge in [0.2, 0.25) is 5.91 Å². The maximum absolute atomic E-state index is 12.8. The Morgan fingerprint density at radius 1 is 1.00 bits per heavy atom. The first-order chi connectivity index (χ1) is 14.2. The summed E-state index contributed by atoms with van der Waals surface area (Å²) in [5.41, 5.74) is 3.79. The van der Waals surface area contributed by atoms with E-state index in [1.54, 1.807) is 0 Å². The van der Waals surface area contributed by atoms with Crippen molar-refractivity contribution in [3.8, 4) is 0 Å². The highest BCUT2D eigenvalue weighted by Gasteiger charge is 2.41. The van der Waals surface area contributed by atoms with Crippen molar-refractivity contribution in [1.82, 2.24) is 5.32 Å². The van der Waals surface area contributed by atoms with Crippen molar-refractivity contribution in [3.63, 3.8) is 0 Å². The fraction of sp³-hybridized carbons (Fsp3) is 0.435. The molecule has 162 valence electrons. The molecule has 1 aliphatic heterocycles. The van der Waals surface area contributed by atoms with Crippen molar-refractivity contribution in [2.24, 2.45) is 11.8 Å². The summed E-state index contributed by atoms with van der Waals surface area (Å²) in [6.45, 7) is 5.06. The molecular formula is C23H28F3N3O. The van der Waals surface area contributed by atoms with E-state index in [4.69, 9.17) is 0 Å². The summed E-state index contributed by atoms with van der Waals surface area (Å²) in [6.07, 6.45) is -3.80. The molecule has 4 nitrogen and oxygen atoms in total. The second-order valence-corrected chi connectivity index (χ2v) is 8.04. The third kappa shape index (κ3) is 5.90. The van der Waals surface area contributed by atoms with Crippen molar-refractivity contribution in [3.05, 3.63) is 54.1 Å². The first-order valence-electron chi connectivity index (χ1n) is 10.3. The summed E-state index contributed by atoms with van der Waals surface area (Å²) in [7, 11) is 0. The molecular weight excluding hydrogens is 391 g/mol. The predicted molar refractivity (Wildman–Crippen MR) is 114 cm³/mol. The summed E-state index contributed by atoms with van der Waals surface area (Å²) < 4.78 is 38.5. The zero-order valence-corrected chi connectivity index (χ0v) is 17.3. The molecule has 0 atom stereocenters. The lowest BCUT2D eigenvalue weighted by Gasteiger charge is -2.34. The number of anilines is 3. The number of alkyl halides is 3. The minimum atomic E-state index is -4.09. The maximum Gasteiger partial charge on any atom is 0.391 e. The molecule has 1 aliphatic rings. The SMILES string of the molecule is CC(C)C(=O)NCc1ccc(Nc2ccc(N3CCC(C(F)(F)F)CC3)cc2)cc1. The van der Waals surface area contributed by atoms with Crippen molar-refractivity contribution in [2.75, 3.05) is 23.3 Å². The van der Waals surface area contributed by atoms with Gasteiger partial charge < -0.3 is 15.5 Å². The van der Waals surface area contributed by atoms with Gasteiger partial charge in [0.1, 0.15) is 0 Å². The number of carbonyl (C=O) groups is 1. The lowest BCUT2D eigenvalue weighted by molar-refractivity contribution is -0.179. The minimum absolute atomic E-state index is 0.0277. The zero-order chi connectivity index (χ0) is 21.7. The molecule has 2 aromatic rings. The minimum Gasteiger partial charge on any atom is -0.372 e. The van der Waals surface area contributed by atoms with Crippen LogP contribution in [0.15, 0.2) is 48.5 Å². The van der Waals surface area contributed by atoms with Gasteiger partial charge in [0, 0.05) is 42.6 Å². The van der Waals surface area contributed by atoms with Crippen molar-refractivity contribution in [1.29, 1.82) is 0 Å². The second-order valence-electron chi connectivity index (χ2n) is 8.04. The highest BCUT2D eigenvalue weighted by molar-refractivity contribution is 5.77. The summed E-state index contributed by atoms with van der Waals surface area (Å²) in [4.78, 5) is 13.7. The number of piperidine rings is 1. The van der Waals surface area contributed by atoms with E-state index in [2.05, 4.69) is 10.6 Å². The van der Waals surface area contributed by atoms with Crippen LogP contribution < -0.4 is 15.5 Å². The molecule has 0 aliphatic carbocycles. The van der Waals surface area contributed by atoms with Crippen LogP contribution in [0.2, 0.25) is 0 Å². The van der Waals surface area contributed by atoms with Gasteiger partial charge in [-0.1, -0.05) is 26.0 Å². The number of hydrogen-bond donors (Lipinski definition) is 2. The molecule has 1 amide bonds. The van der Waals surface area contributed by atoms with Crippen LogP contribution in [0.3, 0.4) is 0 Å². The summed E-state index contributed by atoms with van der Waals surface area (Å²) >= 11 is 0. The number of amides is 1. The van der Waals surface area contributed by atoms with Crippen molar-refractivity contribution >= 4 is 23.0 Å². The van der Waals surface area contributed by atoms with Crippen LogP contribution in [0.1, 0.15) is 32.3 Å². The lowest BCUT2D eigenvalue weighted by atomic mass is 9.96. The molecule has 3 rings (SSSR count). The number of carbonyl (C=O) groups excluding carboxylic acids is 1. The molecule has 1 saturated heterocycles. The normalized spacial score (nSPS) is 15.3. The highest BCUT2D eigenvalue weighted by Crippen LogP contribution is 2.35. The van der Waals surface area contributed by atoms with Gasteiger partial charge in [0.25, 0.3) is 0 Å². The number of halogens is 3. The molecule has 7 heteroatoms. The van der Waals surface area contributed by atoms with E-state index < -0.39 is 12.1 Å². The van der Waals surface area contributed by atoms with Crippen LogP contribution >= 0.6 is 0 Å². The summed E-state index contributed by atoms with van der Waals surface area (Å²) in [5.74, 6) is -1.19. The van der Waals surface area contributed by atoms with E-state index >= 15 is 0 Å². The van der Waals surface area contributed by atoms with Gasteiger partial charge in [-0.3, -0.25) is 4.79 Å². The first kappa shape index (κ1) is 22.0. The van der Waals surface area contributed by atoms with Gasteiger partial charge in [0.05, 0.1) is 5.92 Å². The molecule has 0 saturated carbocycles. The van der Waals surface area contributed by atoms with Crippen molar-refractivity contribution < 1.29 is 18.0 Å². The Morgan fingerprint density at radius 2 is 1.53 bits per heavy atom. The molecule has 1 fully saturated rings. The van der Waals surface area contributed by atoms with E-state index in [1.807, 2.05) is 67.3 Å². The van der Waals surface area contributed by atoms with Gasteiger partial charge in [-0.25, -0.2) is 0 Å². The summed E-state index contributed by atoms with van der Waals surface area (Å²) in [5, 5.41) is 6.21. The topological polar surface area (TPSA) is 44.4 Å². The standard InChI is InChI=1S/C23H28F3N3O/c1-16(2)22(30)27-15-17-3-5-19(6-4-17)28-20-7-9-21(10-8-20)29-13-11-18(12-14-29)23(24,25)26/h3-10,16,18,28H,11-15H2,1-2H3,(H,27,30). The molecule has 2 aromatic carbocycles. The molecule has 30 heavy (non-hydrogen) atoms. The molecule has 0 aromatic heterocycles. The number of nitrogens with one attached hydrogen (secondary N) is 2. The van der Waals surface area contributed by atoms with Gasteiger partial charge in [0.15, 0.2) is 0 Å². The van der Waals surface area contributed by atoms with E-state index in [0.29, 0.717) is 19.6 Å². The van der Waals surface area contributed by atoms with Crippen LogP contribution in [0, 0.1) is 11.8 Å². The van der Waals surface area contributed by atoms with Crippen LogP contribution in [0.5, 0.6) is 0 Å². The van der Waals surface area contributed by atoms with E-state index in [9.17, 15) is 18.0 Å². The van der Waals surface area contributed by atoms with Gasteiger partial charge in [-0.2, -0.15) is 13.2 Å². The fourth-order valence-corrected chi connectivity index (χ4v) is 3.49. The fourth-order valence-electron chi connectivity index (χ4n) is 3.49. The summed E-state index contributed by atoms with van der Waals surface area (Å²) in [6, 6.07) is 15.6. The lowest BCUT2D eigenvalue weighted by Crippen LogP contribution is -2.38. The number of benzene rings is 2. The van der Waals surface area contributed by atoms with E-state index in [-0.39, 0.29) is 24.7 Å². The predicted octanol–water partition coefficient (Wildman–Crippen LogP) is 5.48. The molecule has 0 bridgehead atoms. The largest absolute Gasteiger partial charge is 0.391 e. The zero-order valence-electron chi connectivity index (χ0n) is 17.3. The first-order valence-corrected chi connectivity index (χ1v) is 10.3. The smallest absolute Gasteiger partial charge is 0.372 e. The molecule has 0 spiro atoms. The highest BCUT2D eigenvalue weighted by atomic mass is 19.4. The Bertz CT molecular complexity index is 824. The second kappa shape index (κ2) is 9.41. The molecule has 0 unspecified atom stereocenters. The van der Waals surface area contributed by atoms with E-state index in [1.165, 1.54) is 0 Å². The molecule has 0 radical (unpaired) electrons. The Kier molecular flexibility index (Phi) is 6.90. The van der Waals surface area contributed by atoms with Crippen LogP contribution in [-0.4, -0.2) is 25.2 Å². The Balaban J connectivity index is 1.52. The van der Waals surface area contributed by atoms with Crippen LogP contribution in [-0.2, 0) is 11.3 Å². The Hall–Kier alpha value is -2.70. The number of rotatable bonds is 6. The maximum atomic E-state index is 12.8. The monoisotopic (exact) mass is 419 g/mol. The van der Waals surface area contributed by atoms with Crippen LogP contribution in [0.4, 0.5) is 30.2 Å². The average Bonchev–Trinajstić information content (AvgIpc) is 2.73. The molecule has 1 heterocycles. The van der Waals surface area contributed by atoms with E-state index in [0.717, 1.165) is 22.6 Å². The van der Waals surface area contributed by atoms with Gasteiger partial charge in [-0.15, -0.1) is 0 Å². The number of nitrogens with zero attached hydrogens (tertiary/aromatic N) is 1. The average molecular weight is 419 g/mol. The van der Waals surface area contributed by atoms with Crippen molar-refractivity contribution in [2.45, 2.75) is 39.4 Å².